The molecule has 0 bridgehead atoms. The molecule has 1 rings (SSSR count). The minimum Gasteiger partial charge on any atom is -0.342 e. The summed E-state index contributed by atoms with van der Waals surface area (Å²) in [7, 11) is 0. The maximum atomic E-state index is 13.3. The Morgan fingerprint density at radius 3 is 2.42 bits per heavy atom. The first kappa shape index (κ1) is 15.5. The number of nitrogens with zero attached hydrogens (tertiary/aromatic N) is 1. The summed E-state index contributed by atoms with van der Waals surface area (Å²) in [6.07, 6.45) is -5.58. The number of benzene rings is 1. The van der Waals surface area contributed by atoms with Crippen LogP contribution in [-0.2, 0) is 11.2 Å². The molecule has 1 amide bonds. The third-order valence-corrected chi connectivity index (χ3v) is 2.70. The van der Waals surface area contributed by atoms with Crippen molar-refractivity contribution in [1.29, 1.82) is 0 Å². The molecule has 0 aliphatic heterocycles. The van der Waals surface area contributed by atoms with Crippen molar-refractivity contribution in [2.75, 3.05) is 13.1 Å². The summed E-state index contributed by atoms with van der Waals surface area (Å²) in [6, 6.07) is 5.74. The van der Waals surface area contributed by atoms with Crippen molar-refractivity contribution in [3.8, 4) is 0 Å². The third-order valence-electron chi connectivity index (χ3n) is 2.70. The highest BCUT2D eigenvalue weighted by molar-refractivity contribution is 5.78. The highest BCUT2D eigenvalue weighted by Gasteiger charge is 2.28. The van der Waals surface area contributed by atoms with Crippen LogP contribution in [0.5, 0.6) is 0 Å². The van der Waals surface area contributed by atoms with E-state index in [1.807, 2.05) is 0 Å². The molecule has 1 aromatic rings. The van der Waals surface area contributed by atoms with Crippen molar-refractivity contribution in [1.82, 2.24) is 4.90 Å². The Bertz CT molecular complexity index is 431. The smallest absolute Gasteiger partial charge is 0.342 e. The van der Waals surface area contributed by atoms with Gasteiger partial charge in [0, 0.05) is 13.1 Å². The van der Waals surface area contributed by atoms with Crippen LogP contribution in [0.2, 0.25) is 0 Å². The van der Waals surface area contributed by atoms with Gasteiger partial charge in [0.2, 0.25) is 5.91 Å². The Balaban J connectivity index is 2.62. The Morgan fingerprint density at radius 1 is 1.26 bits per heavy atom. The number of carbonyl (C=O) groups excluding carboxylic acids is 1. The SMILES string of the molecule is CCN(CCC(F)(F)F)C(=O)Cc1ccccc1F. The van der Waals surface area contributed by atoms with Gasteiger partial charge in [-0.1, -0.05) is 18.2 Å². The van der Waals surface area contributed by atoms with E-state index in [1.165, 1.54) is 18.2 Å². The number of alkyl halides is 3. The van der Waals surface area contributed by atoms with Gasteiger partial charge in [-0.25, -0.2) is 4.39 Å². The number of rotatable bonds is 5. The maximum Gasteiger partial charge on any atom is 0.390 e. The molecule has 19 heavy (non-hydrogen) atoms. The highest BCUT2D eigenvalue weighted by Crippen LogP contribution is 2.20. The van der Waals surface area contributed by atoms with Gasteiger partial charge in [-0.15, -0.1) is 0 Å². The van der Waals surface area contributed by atoms with E-state index in [0.29, 0.717) is 0 Å². The Kier molecular flexibility index (Phi) is 5.32. The largest absolute Gasteiger partial charge is 0.390 e. The molecule has 0 unspecified atom stereocenters. The monoisotopic (exact) mass is 277 g/mol. The summed E-state index contributed by atoms with van der Waals surface area (Å²) >= 11 is 0. The van der Waals surface area contributed by atoms with Gasteiger partial charge in [0.1, 0.15) is 5.82 Å². The van der Waals surface area contributed by atoms with Crippen molar-refractivity contribution in [2.45, 2.75) is 25.9 Å². The van der Waals surface area contributed by atoms with E-state index >= 15 is 0 Å². The van der Waals surface area contributed by atoms with Crippen LogP contribution in [0, 0.1) is 5.82 Å². The second kappa shape index (κ2) is 6.54. The van der Waals surface area contributed by atoms with Crippen molar-refractivity contribution >= 4 is 5.91 Å². The molecule has 0 spiro atoms. The van der Waals surface area contributed by atoms with Gasteiger partial charge in [-0.2, -0.15) is 13.2 Å². The van der Waals surface area contributed by atoms with Gasteiger partial charge < -0.3 is 4.90 Å². The van der Waals surface area contributed by atoms with E-state index in [2.05, 4.69) is 0 Å². The van der Waals surface area contributed by atoms with Crippen LogP contribution in [0.4, 0.5) is 17.6 Å². The molecule has 0 N–H and O–H groups in total. The summed E-state index contributed by atoms with van der Waals surface area (Å²) in [6.45, 7) is 1.37. The number of carbonyl (C=O) groups is 1. The molecule has 0 radical (unpaired) electrons. The molecule has 0 atom stereocenters. The summed E-state index contributed by atoms with van der Waals surface area (Å²) in [5.41, 5.74) is 0.193. The number of hydrogen-bond donors (Lipinski definition) is 0. The Hall–Kier alpha value is -1.59. The number of amides is 1. The zero-order chi connectivity index (χ0) is 14.5. The average Bonchev–Trinajstić information content (AvgIpc) is 2.31. The molecule has 1 aromatic carbocycles. The second-order valence-electron chi connectivity index (χ2n) is 4.11. The van der Waals surface area contributed by atoms with E-state index in [1.54, 1.807) is 13.0 Å². The first-order valence-corrected chi connectivity index (χ1v) is 5.91. The fourth-order valence-electron chi connectivity index (χ4n) is 1.64. The summed E-state index contributed by atoms with van der Waals surface area (Å²) in [4.78, 5) is 12.9. The molecular formula is C13H15F4NO. The van der Waals surface area contributed by atoms with Gasteiger partial charge in [-0.05, 0) is 18.6 Å². The van der Waals surface area contributed by atoms with E-state index in [0.717, 1.165) is 4.90 Å². The van der Waals surface area contributed by atoms with E-state index in [4.69, 9.17) is 0 Å². The molecular weight excluding hydrogens is 262 g/mol. The lowest BCUT2D eigenvalue weighted by Gasteiger charge is -2.21. The minimum atomic E-state index is -4.30. The number of halogens is 4. The van der Waals surface area contributed by atoms with Crippen LogP contribution >= 0.6 is 0 Å². The molecule has 6 heteroatoms. The predicted octanol–water partition coefficient (Wildman–Crippen LogP) is 3.17. The van der Waals surface area contributed by atoms with Crippen molar-refractivity contribution in [3.05, 3.63) is 35.6 Å². The Labute approximate surface area is 109 Å². The molecule has 0 aliphatic carbocycles. The van der Waals surface area contributed by atoms with Crippen LogP contribution in [0.1, 0.15) is 18.9 Å². The highest BCUT2D eigenvalue weighted by atomic mass is 19.4. The quantitative estimate of drug-likeness (QED) is 0.757. The molecule has 0 saturated heterocycles. The predicted molar refractivity (Wildman–Crippen MR) is 63.0 cm³/mol. The summed E-state index contributed by atoms with van der Waals surface area (Å²) in [5.74, 6) is -1.03. The van der Waals surface area contributed by atoms with Crippen LogP contribution in [0.25, 0.3) is 0 Å². The topological polar surface area (TPSA) is 20.3 Å². The molecule has 0 aliphatic rings. The van der Waals surface area contributed by atoms with Gasteiger partial charge in [0.25, 0.3) is 0 Å². The molecule has 0 saturated carbocycles. The van der Waals surface area contributed by atoms with Gasteiger partial charge in [0.15, 0.2) is 0 Å². The lowest BCUT2D eigenvalue weighted by molar-refractivity contribution is -0.144. The van der Waals surface area contributed by atoms with Gasteiger partial charge in [-0.3, -0.25) is 4.79 Å². The average molecular weight is 277 g/mol. The zero-order valence-electron chi connectivity index (χ0n) is 10.5. The normalized spacial score (nSPS) is 11.4. The lowest BCUT2D eigenvalue weighted by Crippen LogP contribution is -2.35. The first-order chi connectivity index (χ1) is 8.83. The van der Waals surface area contributed by atoms with Crippen LogP contribution in [0.15, 0.2) is 24.3 Å². The zero-order valence-corrected chi connectivity index (χ0v) is 10.5. The molecule has 2 nitrogen and oxygen atoms in total. The van der Waals surface area contributed by atoms with Crippen molar-refractivity contribution in [2.24, 2.45) is 0 Å². The van der Waals surface area contributed by atoms with E-state index in [-0.39, 0.29) is 18.5 Å². The molecule has 0 aromatic heterocycles. The summed E-state index contributed by atoms with van der Waals surface area (Å²) in [5, 5.41) is 0. The van der Waals surface area contributed by atoms with E-state index < -0.39 is 30.9 Å². The third kappa shape index (κ3) is 5.28. The molecule has 106 valence electrons. The fourth-order valence-corrected chi connectivity index (χ4v) is 1.64. The van der Waals surface area contributed by atoms with Crippen LogP contribution < -0.4 is 0 Å². The van der Waals surface area contributed by atoms with Crippen molar-refractivity contribution in [3.63, 3.8) is 0 Å². The van der Waals surface area contributed by atoms with Gasteiger partial charge >= 0.3 is 6.18 Å². The standard InChI is InChI=1S/C13H15F4NO/c1-2-18(8-7-13(15,16)17)12(19)9-10-5-3-4-6-11(10)14/h3-6H,2,7-9H2,1H3. The molecule has 0 fully saturated rings. The van der Waals surface area contributed by atoms with Crippen molar-refractivity contribution < 1.29 is 22.4 Å². The second-order valence-corrected chi connectivity index (χ2v) is 4.11. The first-order valence-electron chi connectivity index (χ1n) is 5.91. The Morgan fingerprint density at radius 2 is 1.89 bits per heavy atom. The lowest BCUT2D eigenvalue weighted by atomic mass is 10.1. The minimum absolute atomic E-state index is 0.170. The fraction of sp³-hybridized carbons (Fsp3) is 0.462. The molecule has 0 heterocycles. The van der Waals surface area contributed by atoms with Gasteiger partial charge in [0.05, 0.1) is 12.8 Å². The van der Waals surface area contributed by atoms with Crippen LogP contribution in [-0.4, -0.2) is 30.1 Å². The summed E-state index contributed by atoms with van der Waals surface area (Å²) < 4.78 is 49.7. The number of likely N-dealkylation sites (N-methyl/N-ethyl adjacent to an activating group) is 1. The maximum absolute atomic E-state index is 13.3. The number of hydrogen-bond acceptors (Lipinski definition) is 1. The van der Waals surface area contributed by atoms with E-state index in [9.17, 15) is 22.4 Å². The van der Waals surface area contributed by atoms with Crippen LogP contribution in [0.3, 0.4) is 0 Å².